The molecule has 0 aromatic carbocycles. The summed E-state index contributed by atoms with van der Waals surface area (Å²) in [4.78, 5) is 36.3. The number of hydrogen-bond acceptors (Lipinski definition) is 7. The number of rotatable bonds is 6. The van der Waals surface area contributed by atoms with Crippen LogP contribution >= 0.6 is 11.3 Å². The third-order valence-electron chi connectivity index (χ3n) is 3.72. The van der Waals surface area contributed by atoms with Gasteiger partial charge in [0, 0.05) is 29.1 Å². The van der Waals surface area contributed by atoms with Crippen molar-refractivity contribution in [2.75, 3.05) is 0 Å². The molecule has 0 amide bonds. The molecule has 0 spiro atoms. The highest BCUT2D eigenvalue weighted by atomic mass is 32.1. The number of nitriles is 1. The monoisotopic (exact) mass is 361 g/mol. The number of aromatic nitrogens is 1. The Morgan fingerprint density at radius 1 is 1.48 bits per heavy atom. The van der Waals surface area contributed by atoms with Crippen LogP contribution in [0.1, 0.15) is 34.4 Å². The topological polar surface area (TPSA) is 126 Å². The summed E-state index contributed by atoms with van der Waals surface area (Å²) in [5.41, 5.74) is 2.07. The Morgan fingerprint density at radius 2 is 2.20 bits per heavy atom. The summed E-state index contributed by atoms with van der Waals surface area (Å²) in [6, 6.07) is 3.23. The first-order valence-corrected chi connectivity index (χ1v) is 8.21. The molecule has 0 unspecified atom stereocenters. The van der Waals surface area contributed by atoms with Crippen molar-refractivity contribution in [3.05, 3.63) is 59.9 Å². The van der Waals surface area contributed by atoms with Crippen LogP contribution in [0.25, 0.3) is 0 Å². The summed E-state index contributed by atoms with van der Waals surface area (Å²) < 4.78 is 5.11. The number of carbonyl (C=O) groups excluding carboxylic acids is 1. The van der Waals surface area contributed by atoms with Crippen molar-refractivity contribution in [3.8, 4) is 6.07 Å². The van der Waals surface area contributed by atoms with E-state index in [1.54, 1.807) is 19.2 Å². The molecule has 0 bridgehead atoms. The first kappa shape index (κ1) is 18.4. The number of hydrogen-bond donors (Lipinski definition) is 1. The second-order valence-corrected chi connectivity index (χ2v) is 6.27. The molecule has 9 heteroatoms. The standard InChI is InChI=1S/C16H15N3O5S/c1-9-12(10(2)18-16(21)13(9)6-17)3-4-15(20)24-7-11-5-14(19(22)23)25-8-11/h5,8H,3-4,7H2,1-2H3,(H,18,21). The van der Waals surface area contributed by atoms with Gasteiger partial charge >= 0.3 is 11.0 Å². The lowest BCUT2D eigenvalue weighted by atomic mass is 9.99. The zero-order valence-electron chi connectivity index (χ0n) is 13.6. The van der Waals surface area contributed by atoms with E-state index < -0.39 is 16.5 Å². The van der Waals surface area contributed by atoms with Gasteiger partial charge in [-0.15, -0.1) is 0 Å². The van der Waals surface area contributed by atoms with E-state index in [0.717, 1.165) is 16.9 Å². The second kappa shape index (κ2) is 7.72. The number of aryl methyl sites for hydroxylation is 1. The number of nitro groups is 1. The highest BCUT2D eigenvalue weighted by molar-refractivity contribution is 7.13. The number of nitrogens with zero attached hydrogens (tertiary/aromatic N) is 2. The molecule has 130 valence electrons. The van der Waals surface area contributed by atoms with Crippen LogP contribution in [-0.4, -0.2) is 15.9 Å². The summed E-state index contributed by atoms with van der Waals surface area (Å²) in [7, 11) is 0. The lowest BCUT2D eigenvalue weighted by molar-refractivity contribution is -0.380. The third-order valence-corrected chi connectivity index (χ3v) is 4.65. The molecule has 0 aliphatic carbocycles. The number of thiophene rings is 1. The average molecular weight is 361 g/mol. The fraction of sp³-hybridized carbons (Fsp3) is 0.312. The zero-order chi connectivity index (χ0) is 18.6. The van der Waals surface area contributed by atoms with Gasteiger partial charge in [-0.2, -0.15) is 5.26 Å². The number of nitrogens with one attached hydrogen (secondary N) is 1. The molecule has 2 heterocycles. The van der Waals surface area contributed by atoms with E-state index in [2.05, 4.69) is 4.98 Å². The number of esters is 1. The van der Waals surface area contributed by atoms with Crippen LogP contribution in [0.3, 0.4) is 0 Å². The number of H-pyrrole nitrogens is 1. The van der Waals surface area contributed by atoms with Crippen LogP contribution in [0, 0.1) is 35.3 Å². The van der Waals surface area contributed by atoms with Crippen molar-refractivity contribution >= 4 is 22.3 Å². The van der Waals surface area contributed by atoms with Crippen molar-refractivity contribution < 1.29 is 14.5 Å². The van der Waals surface area contributed by atoms with Gasteiger partial charge in [0.1, 0.15) is 18.2 Å². The van der Waals surface area contributed by atoms with Gasteiger partial charge in [0.2, 0.25) is 0 Å². The van der Waals surface area contributed by atoms with Crippen molar-refractivity contribution in [2.24, 2.45) is 0 Å². The maximum atomic E-state index is 11.9. The molecule has 0 saturated carbocycles. The quantitative estimate of drug-likeness (QED) is 0.478. The van der Waals surface area contributed by atoms with Gasteiger partial charge in [0.05, 0.1) is 4.92 Å². The molecule has 0 aliphatic heterocycles. The fourth-order valence-electron chi connectivity index (χ4n) is 2.42. The SMILES string of the molecule is Cc1[nH]c(=O)c(C#N)c(C)c1CCC(=O)OCc1csc([N+](=O)[O-])c1. The van der Waals surface area contributed by atoms with Crippen molar-refractivity contribution in [1.82, 2.24) is 4.98 Å². The molecule has 8 nitrogen and oxygen atoms in total. The van der Waals surface area contributed by atoms with Crippen LogP contribution in [0.5, 0.6) is 0 Å². The van der Waals surface area contributed by atoms with Crippen LogP contribution in [0.15, 0.2) is 16.2 Å². The van der Waals surface area contributed by atoms with Crippen LogP contribution in [0.2, 0.25) is 0 Å². The van der Waals surface area contributed by atoms with Gasteiger partial charge < -0.3 is 9.72 Å². The highest BCUT2D eigenvalue weighted by Gasteiger charge is 2.15. The maximum Gasteiger partial charge on any atom is 0.324 e. The Kier molecular flexibility index (Phi) is 5.67. The zero-order valence-corrected chi connectivity index (χ0v) is 14.4. The minimum Gasteiger partial charge on any atom is -0.461 e. The molecule has 25 heavy (non-hydrogen) atoms. The molecule has 0 fully saturated rings. The molecule has 0 atom stereocenters. The van der Waals surface area contributed by atoms with E-state index in [-0.39, 0.29) is 23.6 Å². The van der Waals surface area contributed by atoms with E-state index in [9.17, 15) is 19.7 Å². The fourth-order valence-corrected chi connectivity index (χ4v) is 3.13. The molecule has 0 saturated heterocycles. The average Bonchev–Trinajstić information content (AvgIpc) is 3.02. The molecular formula is C16H15N3O5S. The van der Waals surface area contributed by atoms with Crippen LogP contribution < -0.4 is 5.56 Å². The van der Waals surface area contributed by atoms with Crippen molar-refractivity contribution in [1.29, 1.82) is 5.26 Å². The Hall–Kier alpha value is -2.99. The molecule has 2 rings (SSSR count). The molecule has 2 aromatic heterocycles. The van der Waals surface area contributed by atoms with Gasteiger partial charge in [0.25, 0.3) is 5.56 Å². The predicted molar refractivity (Wildman–Crippen MR) is 90.3 cm³/mol. The van der Waals surface area contributed by atoms with Crippen LogP contribution in [-0.2, 0) is 22.6 Å². The number of pyridine rings is 1. The third kappa shape index (κ3) is 4.30. The molecule has 1 N–H and O–H groups in total. The molecule has 2 aromatic rings. The number of aromatic amines is 1. The lowest BCUT2D eigenvalue weighted by Gasteiger charge is -2.10. The van der Waals surface area contributed by atoms with E-state index in [1.165, 1.54) is 6.07 Å². The summed E-state index contributed by atoms with van der Waals surface area (Å²) in [6.45, 7) is 3.35. The molecule has 0 radical (unpaired) electrons. The van der Waals surface area contributed by atoms with E-state index >= 15 is 0 Å². The molecular weight excluding hydrogens is 346 g/mol. The summed E-state index contributed by atoms with van der Waals surface area (Å²) in [5, 5.41) is 21.2. The predicted octanol–water partition coefficient (Wildman–Crippen LogP) is 2.51. The van der Waals surface area contributed by atoms with Crippen LogP contribution in [0.4, 0.5) is 5.00 Å². The van der Waals surface area contributed by atoms with Gasteiger partial charge in [-0.05, 0) is 31.4 Å². The highest BCUT2D eigenvalue weighted by Crippen LogP contribution is 2.23. The number of carbonyl (C=O) groups is 1. The van der Waals surface area contributed by atoms with Gasteiger partial charge in [-0.25, -0.2) is 0 Å². The normalized spacial score (nSPS) is 10.3. The van der Waals surface area contributed by atoms with Gasteiger partial charge in [0.15, 0.2) is 0 Å². The van der Waals surface area contributed by atoms with E-state index in [1.807, 2.05) is 6.07 Å². The summed E-state index contributed by atoms with van der Waals surface area (Å²) in [6.07, 6.45) is 0.399. The smallest absolute Gasteiger partial charge is 0.324 e. The first-order chi connectivity index (χ1) is 11.8. The number of ether oxygens (including phenoxy) is 1. The Bertz CT molecular complexity index is 923. The maximum absolute atomic E-state index is 11.9. The Balaban J connectivity index is 1.97. The first-order valence-electron chi connectivity index (χ1n) is 7.33. The molecule has 0 aliphatic rings. The van der Waals surface area contributed by atoms with Gasteiger partial charge in [-0.3, -0.25) is 19.7 Å². The largest absolute Gasteiger partial charge is 0.461 e. The van der Waals surface area contributed by atoms with E-state index in [4.69, 9.17) is 10.00 Å². The Labute approximate surface area is 146 Å². The summed E-state index contributed by atoms with van der Waals surface area (Å²) in [5.74, 6) is -0.461. The second-order valence-electron chi connectivity index (χ2n) is 5.38. The van der Waals surface area contributed by atoms with Gasteiger partial charge in [-0.1, -0.05) is 11.3 Å². The van der Waals surface area contributed by atoms with Crippen molar-refractivity contribution in [2.45, 2.75) is 33.3 Å². The Morgan fingerprint density at radius 3 is 2.80 bits per heavy atom. The minimum absolute atomic E-state index is 0.00503. The summed E-state index contributed by atoms with van der Waals surface area (Å²) >= 11 is 0.974. The lowest BCUT2D eigenvalue weighted by Crippen LogP contribution is -2.17. The van der Waals surface area contributed by atoms with E-state index in [0.29, 0.717) is 23.2 Å². The minimum atomic E-state index is -0.496. The van der Waals surface area contributed by atoms with Crippen molar-refractivity contribution in [3.63, 3.8) is 0 Å².